The second kappa shape index (κ2) is 5.81. The molecule has 1 atom stereocenters. The van der Waals surface area contributed by atoms with E-state index in [2.05, 4.69) is 11.1 Å². The number of hydrogen-bond donors (Lipinski definition) is 2. The first-order valence-corrected chi connectivity index (χ1v) is 5.11. The van der Waals surface area contributed by atoms with Gasteiger partial charge in [0.1, 0.15) is 6.17 Å². The summed E-state index contributed by atoms with van der Waals surface area (Å²) < 4.78 is 45.2. The smallest absolute Gasteiger partial charge is 0.362 e. The summed E-state index contributed by atoms with van der Waals surface area (Å²) >= 11 is 0. The highest BCUT2D eigenvalue weighted by Crippen LogP contribution is 2.23. The highest BCUT2D eigenvalue weighted by atomic mass is 19.4. The van der Waals surface area contributed by atoms with E-state index < -0.39 is 18.3 Å². The van der Waals surface area contributed by atoms with Gasteiger partial charge in [-0.05, 0) is 11.1 Å². The first-order chi connectivity index (χ1) is 8.32. The number of nitrogens with one attached hydrogen (secondary N) is 1. The predicted molar refractivity (Wildman–Crippen MR) is 57.2 cm³/mol. The zero-order chi connectivity index (χ0) is 13.8. The second-order valence-corrected chi connectivity index (χ2v) is 3.66. The van der Waals surface area contributed by atoms with Crippen molar-refractivity contribution in [1.82, 2.24) is 5.32 Å². The Bertz CT molecular complexity index is 420. The standard InChI is InChI=1S/C9H10FN.C2H2F3NO/c10-9-6-11-5-7-3-1-2-4-8(7)9;3-2(4,5)1(6)7/h1-4,9,11H,5-6H2;(H2,6,7). The number of primary amides is 1. The zero-order valence-electron chi connectivity index (χ0n) is 9.30. The summed E-state index contributed by atoms with van der Waals surface area (Å²) in [6.07, 6.45) is -5.68. The molecule has 0 saturated heterocycles. The molecule has 1 aromatic carbocycles. The van der Waals surface area contributed by atoms with Gasteiger partial charge in [-0.3, -0.25) is 4.79 Å². The molecule has 1 amide bonds. The molecule has 0 saturated carbocycles. The number of alkyl halides is 4. The number of amides is 1. The van der Waals surface area contributed by atoms with E-state index in [1.165, 1.54) is 0 Å². The summed E-state index contributed by atoms with van der Waals surface area (Å²) in [6, 6.07) is 7.66. The molecule has 0 aromatic heterocycles. The molecule has 1 unspecified atom stereocenters. The quantitative estimate of drug-likeness (QED) is 0.702. The Morgan fingerprint density at radius 2 is 1.89 bits per heavy atom. The van der Waals surface area contributed by atoms with E-state index in [9.17, 15) is 17.6 Å². The molecule has 3 N–H and O–H groups in total. The Morgan fingerprint density at radius 1 is 1.33 bits per heavy atom. The van der Waals surface area contributed by atoms with Crippen LogP contribution in [0.25, 0.3) is 0 Å². The highest BCUT2D eigenvalue weighted by molar-refractivity contribution is 5.79. The van der Waals surface area contributed by atoms with Crippen molar-refractivity contribution < 1.29 is 22.4 Å². The molecule has 3 nitrogen and oxygen atoms in total. The maximum atomic E-state index is 13.1. The zero-order valence-corrected chi connectivity index (χ0v) is 9.30. The van der Waals surface area contributed by atoms with Gasteiger partial charge in [0, 0.05) is 13.1 Å². The first-order valence-electron chi connectivity index (χ1n) is 5.11. The van der Waals surface area contributed by atoms with Crippen LogP contribution in [0, 0.1) is 0 Å². The Hall–Kier alpha value is -1.63. The average molecular weight is 264 g/mol. The number of nitrogens with two attached hydrogens (primary N) is 1. The number of halogens is 4. The van der Waals surface area contributed by atoms with E-state index in [4.69, 9.17) is 4.79 Å². The first kappa shape index (κ1) is 14.4. The number of carbonyl (C=O) groups is 1. The van der Waals surface area contributed by atoms with Crippen LogP contribution in [0.1, 0.15) is 17.3 Å². The summed E-state index contributed by atoms with van der Waals surface area (Å²) in [7, 11) is 0. The third-order valence-corrected chi connectivity index (χ3v) is 2.31. The molecule has 2 rings (SSSR count). The van der Waals surface area contributed by atoms with Crippen LogP contribution in [-0.4, -0.2) is 18.6 Å². The Kier molecular flexibility index (Phi) is 4.66. The maximum absolute atomic E-state index is 13.1. The minimum absolute atomic E-state index is 0.455. The molecule has 0 fully saturated rings. The van der Waals surface area contributed by atoms with Crippen molar-refractivity contribution in [2.75, 3.05) is 6.54 Å². The van der Waals surface area contributed by atoms with Gasteiger partial charge >= 0.3 is 12.1 Å². The SMILES string of the molecule is FC1CNCc2ccccc21.NC(=O)C(F)(F)F. The van der Waals surface area contributed by atoms with Gasteiger partial charge in [0.25, 0.3) is 0 Å². The fourth-order valence-electron chi connectivity index (χ4n) is 1.44. The lowest BCUT2D eigenvalue weighted by molar-refractivity contribution is -0.169. The minimum Gasteiger partial charge on any atom is -0.362 e. The van der Waals surface area contributed by atoms with Crippen molar-refractivity contribution in [3.8, 4) is 0 Å². The van der Waals surface area contributed by atoms with Gasteiger partial charge in [-0.15, -0.1) is 0 Å². The number of fused-ring (bicyclic) bond motifs is 1. The molecule has 1 aliphatic heterocycles. The molecule has 0 radical (unpaired) electrons. The van der Waals surface area contributed by atoms with Crippen LogP contribution < -0.4 is 11.1 Å². The summed E-state index contributed by atoms with van der Waals surface area (Å²) in [5.74, 6) is -2.26. The van der Waals surface area contributed by atoms with Gasteiger partial charge in [-0.1, -0.05) is 24.3 Å². The average Bonchev–Trinajstić information content (AvgIpc) is 2.29. The van der Waals surface area contributed by atoms with Crippen molar-refractivity contribution in [1.29, 1.82) is 0 Å². The van der Waals surface area contributed by atoms with E-state index in [0.717, 1.165) is 17.7 Å². The van der Waals surface area contributed by atoms with E-state index in [1.54, 1.807) is 0 Å². The van der Waals surface area contributed by atoms with Crippen LogP contribution >= 0.6 is 0 Å². The lowest BCUT2D eigenvalue weighted by Crippen LogP contribution is -2.30. The van der Waals surface area contributed by atoms with Crippen molar-refractivity contribution in [2.24, 2.45) is 5.73 Å². The Morgan fingerprint density at radius 3 is 2.39 bits per heavy atom. The molecule has 1 heterocycles. The summed E-state index contributed by atoms with van der Waals surface area (Å²) in [5.41, 5.74) is 5.75. The van der Waals surface area contributed by atoms with Crippen LogP contribution in [-0.2, 0) is 11.3 Å². The second-order valence-electron chi connectivity index (χ2n) is 3.66. The van der Waals surface area contributed by atoms with Gasteiger partial charge in [-0.25, -0.2) is 4.39 Å². The summed E-state index contributed by atoms with van der Waals surface area (Å²) in [4.78, 5) is 9.12. The Labute approximate surface area is 101 Å². The van der Waals surface area contributed by atoms with E-state index in [-0.39, 0.29) is 0 Å². The van der Waals surface area contributed by atoms with Gasteiger partial charge in [0.05, 0.1) is 0 Å². The molecular formula is C11H12F4N2O. The fraction of sp³-hybridized carbons (Fsp3) is 0.364. The molecule has 0 bridgehead atoms. The highest BCUT2D eigenvalue weighted by Gasteiger charge is 2.35. The molecule has 1 aromatic rings. The third kappa shape index (κ3) is 3.99. The number of hydrogen-bond acceptors (Lipinski definition) is 2. The molecule has 18 heavy (non-hydrogen) atoms. The monoisotopic (exact) mass is 264 g/mol. The maximum Gasteiger partial charge on any atom is 0.470 e. The fourth-order valence-corrected chi connectivity index (χ4v) is 1.44. The van der Waals surface area contributed by atoms with Crippen LogP contribution in [0.3, 0.4) is 0 Å². The number of benzene rings is 1. The normalized spacial score (nSPS) is 18.3. The van der Waals surface area contributed by atoms with Crippen molar-refractivity contribution in [3.63, 3.8) is 0 Å². The topological polar surface area (TPSA) is 55.1 Å². The van der Waals surface area contributed by atoms with E-state index in [1.807, 2.05) is 24.3 Å². The molecule has 0 spiro atoms. The van der Waals surface area contributed by atoms with Crippen LogP contribution in [0.5, 0.6) is 0 Å². The van der Waals surface area contributed by atoms with E-state index >= 15 is 0 Å². The molecule has 7 heteroatoms. The van der Waals surface area contributed by atoms with Crippen LogP contribution in [0.4, 0.5) is 17.6 Å². The van der Waals surface area contributed by atoms with Crippen LogP contribution in [0.2, 0.25) is 0 Å². The van der Waals surface area contributed by atoms with Crippen molar-refractivity contribution in [3.05, 3.63) is 35.4 Å². The van der Waals surface area contributed by atoms with Gasteiger partial charge in [0.2, 0.25) is 0 Å². The van der Waals surface area contributed by atoms with Crippen molar-refractivity contribution >= 4 is 5.91 Å². The molecule has 100 valence electrons. The third-order valence-electron chi connectivity index (χ3n) is 2.31. The van der Waals surface area contributed by atoms with Gasteiger partial charge < -0.3 is 11.1 Å². The largest absolute Gasteiger partial charge is 0.470 e. The van der Waals surface area contributed by atoms with E-state index in [0.29, 0.717) is 6.54 Å². The molecular weight excluding hydrogens is 252 g/mol. The summed E-state index contributed by atoms with van der Waals surface area (Å²) in [5, 5.41) is 3.02. The minimum atomic E-state index is -4.86. The van der Waals surface area contributed by atoms with Gasteiger partial charge in [0.15, 0.2) is 0 Å². The van der Waals surface area contributed by atoms with Crippen LogP contribution in [0.15, 0.2) is 24.3 Å². The van der Waals surface area contributed by atoms with Gasteiger partial charge in [-0.2, -0.15) is 13.2 Å². The summed E-state index contributed by atoms with van der Waals surface area (Å²) in [6.45, 7) is 1.26. The molecule has 0 aliphatic carbocycles. The lowest BCUT2D eigenvalue weighted by Gasteiger charge is -2.19. The predicted octanol–water partition coefficient (Wildman–Crippen LogP) is 1.83. The van der Waals surface area contributed by atoms with Crippen molar-refractivity contribution in [2.45, 2.75) is 18.9 Å². The number of carbonyl (C=O) groups excluding carboxylic acids is 1. The molecule has 1 aliphatic rings. The number of rotatable bonds is 0. The lowest BCUT2D eigenvalue weighted by atomic mass is 10.0. The Balaban J connectivity index is 0.000000203.